The summed E-state index contributed by atoms with van der Waals surface area (Å²) in [5.41, 5.74) is 0.0507. The number of non-ortho nitro benzene ring substituents is 1. The highest BCUT2D eigenvalue weighted by molar-refractivity contribution is 7.89. The third-order valence-corrected chi connectivity index (χ3v) is 6.93. The minimum atomic E-state index is -3.61. The number of benzene rings is 1. The molecule has 2 fully saturated rings. The van der Waals surface area contributed by atoms with E-state index in [1.807, 2.05) is 0 Å². The van der Waals surface area contributed by atoms with Crippen molar-refractivity contribution in [3.63, 3.8) is 0 Å². The van der Waals surface area contributed by atoms with Crippen LogP contribution in [-0.4, -0.2) is 30.2 Å². The molecule has 1 heterocycles. The summed E-state index contributed by atoms with van der Waals surface area (Å²) >= 11 is 0. The minimum absolute atomic E-state index is 0.0142. The number of hydrogen-bond donors (Lipinski definition) is 0. The Balaban J connectivity index is 1.93. The van der Waals surface area contributed by atoms with Crippen LogP contribution < -0.4 is 0 Å². The van der Waals surface area contributed by atoms with Crippen LogP contribution >= 0.6 is 0 Å². The molecule has 2 atom stereocenters. The molecule has 126 valence electrons. The van der Waals surface area contributed by atoms with Crippen molar-refractivity contribution in [3.8, 4) is 0 Å². The standard InChI is InChI=1S/C16H22N2O4S/c1-15(2)8-13-9-16(3,10-15)11-17(13)23(21,22)14-6-4-12(5-7-14)18(19)20/h4-7,13H,8-11H2,1-3H3/t13-,16+/m0/s1. The zero-order valence-corrected chi connectivity index (χ0v) is 14.5. The van der Waals surface area contributed by atoms with Crippen molar-refractivity contribution in [1.82, 2.24) is 4.31 Å². The maximum Gasteiger partial charge on any atom is 0.269 e. The first kappa shape index (κ1) is 16.4. The van der Waals surface area contributed by atoms with E-state index in [1.165, 1.54) is 24.3 Å². The fraction of sp³-hybridized carbons (Fsp3) is 0.625. The fourth-order valence-electron chi connectivity index (χ4n) is 4.56. The third-order valence-electron chi connectivity index (χ3n) is 5.02. The zero-order chi connectivity index (χ0) is 17.0. The van der Waals surface area contributed by atoms with Crippen molar-refractivity contribution in [2.24, 2.45) is 10.8 Å². The Bertz CT molecular complexity index is 742. The van der Waals surface area contributed by atoms with Gasteiger partial charge in [-0.3, -0.25) is 10.1 Å². The Labute approximate surface area is 136 Å². The number of nitrogens with zero attached hydrogens (tertiary/aromatic N) is 2. The number of nitro benzene ring substituents is 1. The van der Waals surface area contributed by atoms with Gasteiger partial charge in [-0.2, -0.15) is 4.31 Å². The molecule has 1 saturated carbocycles. The quantitative estimate of drug-likeness (QED) is 0.626. The fourth-order valence-corrected chi connectivity index (χ4v) is 6.34. The first-order valence-electron chi connectivity index (χ1n) is 7.79. The van der Waals surface area contributed by atoms with Crippen LogP contribution in [0.1, 0.15) is 40.0 Å². The van der Waals surface area contributed by atoms with Gasteiger partial charge in [0.25, 0.3) is 5.69 Å². The molecule has 2 aliphatic rings. The van der Waals surface area contributed by atoms with Gasteiger partial charge in [-0.15, -0.1) is 0 Å². The molecule has 1 aliphatic heterocycles. The second kappa shape index (κ2) is 5.01. The average molecular weight is 338 g/mol. The molecule has 3 rings (SSSR count). The number of hydrogen-bond acceptors (Lipinski definition) is 4. The number of nitro groups is 1. The van der Waals surface area contributed by atoms with E-state index in [0.717, 1.165) is 19.3 Å². The second-order valence-electron chi connectivity index (χ2n) is 8.01. The van der Waals surface area contributed by atoms with Crippen molar-refractivity contribution >= 4 is 15.7 Å². The molecule has 1 aromatic carbocycles. The zero-order valence-electron chi connectivity index (χ0n) is 13.7. The lowest BCUT2D eigenvalue weighted by molar-refractivity contribution is -0.384. The van der Waals surface area contributed by atoms with Gasteiger partial charge in [-0.05, 0) is 42.2 Å². The Hall–Kier alpha value is -1.47. The maximum absolute atomic E-state index is 13.0. The van der Waals surface area contributed by atoms with E-state index in [0.29, 0.717) is 6.54 Å². The molecular formula is C16H22N2O4S. The molecule has 2 bridgehead atoms. The average Bonchev–Trinajstić information content (AvgIpc) is 2.68. The lowest BCUT2D eigenvalue weighted by Gasteiger charge is -2.39. The minimum Gasteiger partial charge on any atom is -0.258 e. The Morgan fingerprint density at radius 1 is 1.17 bits per heavy atom. The van der Waals surface area contributed by atoms with E-state index >= 15 is 0 Å². The molecule has 0 spiro atoms. The summed E-state index contributed by atoms with van der Waals surface area (Å²) in [6, 6.07) is 5.19. The molecule has 1 saturated heterocycles. The van der Waals surface area contributed by atoms with E-state index in [2.05, 4.69) is 20.8 Å². The van der Waals surface area contributed by atoms with Crippen LogP contribution in [0.15, 0.2) is 29.2 Å². The predicted molar refractivity (Wildman–Crippen MR) is 86.5 cm³/mol. The van der Waals surface area contributed by atoms with E-state index in [9.17, 15) is 18.5 Å². The summed E-state index contributed by atoms with van der Waals surface area (Å²) < 4.78 is 27.5. The van der Waals surface area contributed by atoms with E-state index < -0.39 is 14.9 Å². The molecule has 1 aromatic rings. The monoisotopic (exact) mass is 338 g/mol. The second-order valence-corrected chi connectivity index (χ2v) is 9.91. The maximum atomic E-state index is 13.0. The summed E-state index contributed by atoms with van der Waals surface area (Å²) in [5, 5.41) is 10.7. The Morgan fingerprint density at radius 2 is 1.78 bits per heavy atom. The van der Waals surface area contributed by atoms with Gasteiger partial charge in [0.15, 0.2) is 0 Å². The van der Waals surface area contributed by atoms with Crippen molar-refractivity contribution in [2.75, 3.05) is 6.54 Å². The van der Waals surface area contributed by atoms with Crippen molar-refractivity contribution in [3.05, 3.63) is 34.4 Å². The molecule has 7 heteroatoms. The van der Waals surface area contributed by atoms with Gasteiger partial charge in [-0.25, -0.2) is 8.42 Å². The summed E-state index contributed by atoms with van der Waals surface area (Å²) in [5.74, 6) is 0. The molecule has 0 amide bonds. The van der Waals surface area contributed by atoms with E-state index in [4.69, 9.17) is 0 Å². The molecular weight excluding hydrogens is 316 g/mol. The van der Waals surface area contributed by atoms with Crippen LogP contribution in [0.4, 0.5) is 5.69 Å². The van der Waals surface area contributed by atoms with Gasteiger partial charge in [-0.1, -0.05) is 20.8 Å². The Morgan fingerprint density at radius 3 is 2.35 bits per heavy atom. The van der Waals surface area contributed by atoms with Crippen LogP contribution in [0.3, 0.4) is 0 Å². The predicted octanol–water partition coefficient (Wildman–Crippen LogP) is 3.18. The molecule has 0 aromatic heterocycles. The molecule has 6 nitrogen and oxygen atoms in total. The molecule has 0 radical (unpaired) electrons. The highest BCUT2D eigenvalue weighted by Gasteiger charge is 2.53. The smallest absolute Gasteiger partial charge is 0.258 e. The highest BCUT2D eigenvalue weighted by atomic mass is 32.2. The lowest BCUT2D eigenvalue weighted by atomic mass is 9.65. The first-order chi connectivity index (χ1) is 10.5. The largest absolute Gasteiger partial charge is 0.269 e. The van der Waals surface area contributed by atoms with Crippen LogP contribution in [0.2, 0.25) is 0 Å². The molecule has 1 aliphatic carbocycles. The number of sulfonamides is 1. The Kier molecular flexibility index (Phi) is 3.57. The number of fused-ring (bicyclic) bond motifs is 2. The summed E-state index contributed by atoms with van der Waals surface area (Å²) in [4.78, 5) is 10.3. The van der Waals surface area contributed by atoms with Gasteiger partial charge in [0.05, 0.1) is 9.82 Å². The van der Waals surface area contributed by atoms with Crippen molar-refractivity contribution in [1.29, 1.82) is 0 Å². The van der Waals surface area contributed by atoms with Gasteiger partial charge in [0, 0.05) is 24.7 Å². The van der Waals surface area contributed by atoms with E-state index in [1.54, 1.807) is 4.31 Å². The van der Waals surface area contributed by atoms with Crippen LogP contribution in [0.5, 0.6) is 0 Å². The van der Waals surface area contributed by atoms with Crippen molar-refractivity contribution < 1.29 is 13.3 Å². The van der Waals surface area contributed by atoms with Gasteiger partial charge in [0.2, 0.25) is 10.0 Å². The topological polar surface area (TPSA) is 80.5 Å². The summed E-state index contributed by atoms with van der Waals surface area (Å²) in [7, 11) is -3.61. The van der Waals surface area contributed by atoms with E-state index in [-0.39, 0.29) is 27.5 Å². The van der Waals surface area contributed by atoms with Crippen LogP contribution in [-0.2, 0) is 10.0 Å². The van der Waals surface area contributed by atoms with Gasteiger partial charge in [0.1, 0.15) is 0 Å². The molecule has 23 heavy (non-hydrogen) atoms. The van der Waals surface area contributed by atoms with Gasteiger partial charge < -0.3 is 0 Å². The summed E-state index contributed by atoms with van der Waals surface area (Å²) in [6.07, 6.45) is 2.76. The first-order valence-corrected chi connectivity index (χ1v) is 9.23. The molecule has 0 unspecified atom stereocenters. The highest BCUT2D eigenvalue weighted by Crippen LogP contribution is 2.53. The summed E-state index contributed by atoms with van der Waals surface area (Å²) in [6.45, 7) is 7.07. The molecule has 0 N–H and O–H groups in total. The van der Waals surface area contributed by atoms with Gasteiger partial charge >= 0.3 is 0 Å². The third kappa shape index (κ3) is 2.87. The lowest BCUT2D eigenvalue weighted by Crippen LogP contribution is -2.37. The number of rotatable bonds is 3. The normalized spacial score (nSPS) is 30.3. The van der Waals surface area contributed by atoms with Crippen LogP contribution in [0.25, 0.3) is 0 Å². The SMILES string of the molecule is CC1(C)C[C@H]2C[C@@](C)(CN2S(=O)(=O)c2ccc([N+](=O)[O-])cc2)C1. The van der Waals surface area contributed by atoms with Crippen LogP contribution in [0, 0.1) is 20.9 Å². The van der Waals surface area contributed by atoms with Crippen molar-refractivity contribution in [2.45, 2.75) is 51.0 Å².